The molecule has 0 spiro atoms. The number of ketones is 1. The molecule has 0 heterocycles. The minimum atomic E-state index is -0.111. The SMILES string of the molecule is CCN(C)C=Nc1cc(C)c(C(=O)COc2cccc(SC)c2)cc1Cl. The Hall–Kier alpha value is -1.98. The molecule has 0 atom stereocenters. The number of aliphatic imine (C=N–C) groups is 1. The number of carbonyl (C=O) groups is 1. The Kier molecular flexibility index (Phi) is 7.54. The summed E-state index contributed by atoms with van der Waals surface area (Å²) in [5.41, 5.74) is 2.03. The van der Waals surface area contributed by atoms with Crippen molar-refractivity contribution in [2.75, 3.05) is 26.5 Å². The second-order valence-electron chi connectivity index (χ2n) is 5.83. The number of carbonyl (C=O) groups excluding carboxylic acids is 1. The normalized spacial score (nSPS) is 11.0. The fraction of sp³-hybridized carbons (Fsp3) is 0.300. The number of nitrogens with zero attached hydrogens (tertiary/aromatic N) is 2. The quantitative estimate of drug-likeness (QED) is 0.267. The van der Waals surface area contributed by atoms with E-state index in [1.165, 1.54) is 0 Å². The highest BCUT2D eigenvalue weighted by Gasteiger charge is 2.13. The van der Waals surface area contributed by atoms with Crippen LogP contribution in [-0.4, -0.2) is 43.5 Å². The van der Waals surface area contributed by atoms with E-state index < -0.39 is 0 Å². The van der Waals surface area contributed by atoms with Gasteiger partial charge in [-0.15, -0.1) is 11.8 Å². The summed E-state index contributed by atoms with van der Waals surface area (Å²) in [5, 5.41) is 0.448. The average molecular weight is 391 g/mol. The number of rotatable bonds is 8. The van der Waals surface area contributed by atoms with Gasteiger partial charge < -0.3 is 9.64 Å². The van der Waals surface area contributed by atoms with Gasteiger partial charge in [0, 0.05) is 24.1 Å². The fourth-order valence-corrected chi connectivity index (χ4v) is 2.89. The molecule has 0 aromatic heterocycles. The Balaban J connectivity index is 2.11. The fourth-order valence-electron chi connectivity index (χ4n) is 2.23. The molecule has 0 radical (unpaired) electrons. The van der Waals surface area contributed by atoms with Crippen LogP contribution in [0.1, 0.15) is 22.8 Å². The minimum Gasteiger partial charge on any atom is -0.485 e. The van der Waals surface area contributed by atoms with Gasteiger partial charge in [0.1, 0.15) is 5.75 Å². The van der Waals surface area contributed by atoms with Crippen LogP contribution in [0.15, 0.2) is 46.3 Å². The molecule has 0 fully saturated rings. The largest absolute Gasteiger partial charge is 0.485 e. The zero-order valence-corrected chi connectivity index (χ0v) is 17.0. The summed E-state index contributed by atoms with van der Waals surface area (Å²) < 4.78 is 5.64. The van der Waals surface area contributed by atoms with E-state index in [9.17, 15) is 4.79 Å². The van der Waals surface area contributed by atoms with Crippen LogP contribution in [0.2, 0.25) is 5.02 Å². The molecule has 0 aliphatic heterocycles. The molecule has 138 valence electrons. The predicted molar refractivity (Wildman–Crippen MR) is 111 cm³/mol. The van der Waals surface area contributed by atoms with Gasteiger partial charge in [-0.3, -0.25) is 4.79 Å². The van der Waals surface area contributed by atoms with Crippen LogP contribution in [0.3, 0.4) is 0 Å². The van der Waals surface area contributed by atoms with Crippen LogP contribution in [0.25, 0.3) is 0 Å². The van der Waals surface area contributed by atoms with Crippen molar-refractivity contribution in [1.82, 2.24) is 4.90 Å². The monoisotopic (exact) mass is 390 g/mol. The summed E-state index contributed by atoms with van der Waals surface area (Å²) in [6, 6.07) is 11.2. The van der Waals surface area contributed by atoms with Gasteiger partial charge in [-0.2, -0.15) is 0 Å². The third-order valence-corrected chi connectivity index (χ3v) is 4.93. The molecule has 4 nitrogen and oxygen atoms in total. The van der Waals surface area contributed by atoms with Gasteiger partial charge in [0.2, 0.25) is 5.78 Å². The molecular formula is C20H23ClN2O2S. The van der Waals surface area contributed by atoms with Crippen LogP contribution in [0.4, 0.5) is 5.69 Å². The number of benzene rings is 2. The highest BCUT2D eigenvalue weighted by atomic mass is 35.5. The maximum absolute atomic E-state index is 12.5. The Bertz CT molecular complexity index is 808. The van der Waals surface area contributed by atoms with Gasteiger partial charge in [-0.1, -0.05) is 17.7 Å². The molecule has 0 amide bonds. The molecule has 26 heavy (non-hydrogen) atoms. The lowest BCUT2D eigenvalue weighted by atomic mass is 10.0. The number of hydrogen-bond donors (Lipinski definition) is 0. The Morgan fingerprint density at radius 2 is 2.12 bits per heavy atom. The molecule has 2 aromatic rings. The lowest BCUT2D eigenvalue weighted by Crippen LogP contribution is -2.14. The highest BCUT2D eigenvalue weighted by molar-refractivity contribution is 7.98. The lowest BCUT2D eigenvalue weighted by Gasteiger charge is -2.11. The summed E-state index contributed by atoms with van der Waals surface area (Å²) in [6.07, 6.45) is 3.72. The van der Waals surface area contributed by atoms with Crippen molar-refractivity contribution in [3.63, 3.8) is 0 Å². The standard InChI is InChI=1S/C20H23ClN2O2S/c1-5-23(3)13-22-19-9-14(2)17(11-18(19)21)20(24)12-25-15-7-6-8-16(10-15)26-4/h6-11,13H,5,12H2,1-4H3. The molecule has 0 saturated carbocycles. The number of aryl methyl sites for hydroxylation is 1. The molecule has 0 saturated heterocycles. The van der Waals surface area contributed by atoms with Gasteiger partial charge in [0.05, 0.1) is 17.0 Å². The van der Waals surface area contributed by atoms with Crippen molar-refractivity contribution in [2.45, 2.75) is 18.7 Å². The van der Waals surface area contributed by atoms with E-state index in [2.05, 4.69) is 4.99 Å². The molecule has 0 N–H and O–H groups in total. The number of ether oxygens (including phenoxy) is 1. The first kappa shape index (κ1) is 20.3. The summed E-state index contributed by atoms with van der Waals surface area (Å²) in [4.78, 5) is 19.9. The number of thioether (sulfide) groups is 1. The van der Waals surface area contributed by atoms with Crippen LogP contribution in [0, 0.1) is 6.92 Å². The van der Waals surface area contributed by atoms with Crippen LogP contribution in [-0.2, 0) is 0 Å². The maximum Gasteiger partial charge on any atom is 0.200 e. The zero-order valence-electron chi connectivity index (χ0n) is 15.5. The van der Waals surface area contributed by atoms with E-state index in [1.807, 2.05) is 62.4 Å². The maximum atomic E-state index is 12.5. The van der Waals surface area contributed by atoms with Crippen LogP contribution >= 0.6 is 23.4 Å². The second-order valence-corrected chi connectivity index (χ2v) is 7.11. The van der Waals surface area contributed by atoms with Crippen molar-refractivity contribution in [3.05, 3.63) is 52.5 Å². The average Bonchev–Trinajstić information content (AvgIpc) is 2.66. The summed E-state index contributed by atoms with van der Waals surface area (Å²) in [6.45, 7) is 4.73. The summed E-state index contributed by atoms with van der Waals surface area (Å²) in [7, 11) is 1.94. The van der Waals surface area contributed by atoms with E-state index in [0.29, 0.717) is 22.0 Å². The molecule has 0 aliphatic rings. The van der Waals surface area contributed by atoms with Crippen molar-refractivity contribution >= 4 is 41.2 Å². The van der Waals surface area contributed by atoms with Gasteiger partial charge in [0.15, 0.2) is 6.61 Å². The van der Waals surface area contributed by atoms with Crippen molar-refractivity contribution in [3.8, 4) is 5.75 Å². The third kappa shape index (κ3) is 5.51. The Labute approximate surface area is 164 Å². The number of halogens is 1. The van der Waals surface area contributed by atoms with Crippen molar-refractivity contribution in [1.29, 1.82) is 0 Å². The van der Waals surface area contributed by atoms with Crippen molar-refractivity contribution in [2.24, 2.45) is 4.99 Å². The van der Waals surface area contributed by atoms with E-state index in [1.54, 1.807) is 24.2 Å². The summed E-state index contributed by atoms with van der Waals surface area (Å²) >= 11 is 7.93. The number of hydrogen-bond acceptors (Lipinski definition) is 4. The van der Waals surface area contributed by atoms with E-state index in [0.717, 1.165) is 17.0 Å². The molecule has 2 aromatic carbocycles. The molecular weight excluding hydrogens is 368 g/mol. The Morgan fingerprint density at radius 1 is 1.35 bits per heavy atom. The summed E-state index contributed by atoms with van der Waals surface area (Å²) in [5.74, 6) is 0.568. The van der Waals surface area contributed by atoms with Gasteiger partial charge >= 0.3 is 0 Å². The van der Waals surface area contributed by atoms with E-state index in [4.69, 9.17) is 16.3 Å². The van der Waals surface area contributed by atoms with E-state index >= 15 is 0 Å². The molecule has 0 bridgehead atoms. The first-order chi connectivity index (χ1) is 12.4. The van der Waals surface area contributed by atoms with Crippen LogP contribution in [0.5, 0.6) is 5.75 Å². The van der Waals surface area contributed by atoms with Gasteiger partial charge in [-0.25, -0.2) is 4.99 Å². The molecule has 6 heteroatoms. The van der Waals surface area contributed by atoms with Crippen LogP contribution < -0.4 is 4.74 Å². The van der Waals surface area contributed by atoms with E-state index in [-0.39, 0.29) is 12.4 Å². The molecule has 0 aliphatic carbocycles. The minimum absolute atomic E-state index is 0.0316. The smallest absolute Gasteiger partial charge is 0.200 e. The second kappa shape index (κ2) is 9.64. The molecule has 0 unspecified atom stereocenters. The third-order valence-electron chi connectivity index (χ3n) is 3.90. The Morgan fingerprint density at radius 3 is 2.81 bits per heavy atom. The first-order valence-corrected chi connectivity index (χ1v) is 9.89. The molecule has 2 rings (SSSR count). The van der Waals surface area contributed by atoms with Gasteiger partial charge in [0.25, 0.3) is 0 Å². The number of Topliss-reactive ketones (excluding diaryl/α,β-unsaturated/α-hetero) is 1. The van der Waals surface area contributed by atoms with Crippen molar-refractivity contribution < 1.29 is 9.53 Å². The zero-order chi connectivity index (χ0) is 19.1. The van der Waals surface area contributed by atoms with Gasteiger partial charge in [-0.05, 0) is 56.0 Å². The topological polar surface area (TPSA) is 41.9 Å². The predicted octanol–water partition coefficient (Wildman–Crippen LogP) is 5.24. The lowest BCUT2D eigenvalue weighted by molar-refractivity contribution is 0.0921. The highest BCUT2D eigenvalue weighted by Crippen LogP contribution is 2.29. The first-order valence-electron chi connectivity index (χ1n) is 8.29.